The summed E-state index contributed by atoms with van der Waals surface area (Å²) < 4.78 is 0. The summed E-state index contributed by atoms with van der Waals surface area (Å²) in [6.07, 6.45) is 6.70. The number of rotatable bonds is 1. The Morgan fingerprint density at radius 1 is 1.67 bits per heavy atom. The Morgan fingerprint density at radius 2 is 2.44 bits per heavy atom. The van der Waals surface area contributed by atoms with Crippen LogP contribution in [0.3, 0.4) is 0 Å². The van der Waals surface area contributed by atoms with Crippen molar-refractivity contribution in [2.45, 2.75) is 11.8 Å². The lowest BCUT2D eigenvalue weighted by atomic mass is 10.3. The summed E-state index contributed by atoms with van der Waals surface area (Å²) in [4.78, 5) is 5.02. The van der Waals surface area contributed by atoms with Gasteiger partial charge < -0.3 is 0 Å². The molecule has 0 saturated carbocycles. The van der Waals surface area contributed by atoms with E-state index in [-0.39, 0.29) is 0 Å². The van der Waals surface area contributed by atoms with E-state index in [2.05, 4.69) is 17.2 Å². The molecule has 9 heavy (non-hydrogen) atoms. The molecule has 0 unspecified atom stereocenters. The maximum absolute atomic E-state index is 3.91. The van der Waals surface area contributed by atoms with E-state index in [9.17, 15) is 0 Å². The molecule has 0 aliphatic heterocycles. The molecular formula is C7H8NS. The highest BCUT2D eigenvalue weighted by molar-refractivity contribution is 7.98. The van der Waals surface area contributed by atoms with Crippen molar-refractivity contribution >= 4 is 11.8 Å². The first-order valence-electron chi connectivity index (χ1n) is 2.71. The van der Waals surface area contributed by atoms with Crippen LogP contribution < -0.4 is 0 Å². The smallest absolute Gasteiger partial charge is 0.103 e. The second-order valence-corrected chi connectivity index (χ2v) is 2.67. The zero-order valence-electron chi connectivity index (χ0n) is 5.51. The zero-order chi connectivity index (χ0) is 6.69. The van der Waals surface area contributed by atoms with Gasteiger partial charge in [-0.3, -0.25) is 4.98 Å². The van der Waals surface area contributed by atoms with Crippen molar-refractivity contribution in [2.75, 3.05) is 6.26 Å². The normalized spacial score (nSPS) is 9.56. The van der Waals surface area contributed by atoms with E-state index < -0.39 is 0 Å². The Bertz CT molecular complexity index is 198. The molecule has 1 heterocycles. The summed E-state index contributed by atoms with van der Waals surface area (Å²) in [5.41, 5.74) is 1.19. The Kier molecular flexibility index (Phi) is 2.11. The van der Waals surface area contributed by atoms with Crippen molar-refractivity contribution < 1.29 is 0 Å². The highest BCUT2D eigenvalue weighted by Crippen LogP contribution is 2.12. The lowest BCUT2D eigenvalue weighted by molar-refractivity contribution is 1.18. The van der Waals surface area contributed by atoms with Crippen LogP contribution in [0.25, 0.3) is 0 Å². The fourth-order valence-electron chi connectivity index (χ4n) is 0.579. The van der Waals surface area contributed by atoms with Gasteiger partial charge in [-0.2, -0.15) is 0 Å². The van der Waals surface area contributed by atoms with Gasteiger partial charge in [-0.15, -0.1) is 11.8 Å². The van der Waals surface area contributed by atoms with Gasteiger partial charge in [0.05, 0.1) is 0 Å². The predicted molar refractivity (Wildman–Crippen MR) is 39.6 cm³/mol. The molecule has 2 heteroatoms. The molecule has 1 rings (SSSR count). The third-order valence-electron chi connectivity index (χ3n) is 1.02. The maximum Gasteiger partial charge on any atom is 0.103 e. The summed E-state index contributed by atoms with van der Waals surface area (Å²) >= 11 is 1.66. The SMILES string of the molecule is CSc1[c]ncc(C)c1. The third kappa shape index (κ3) is 1.72. The number of aromatic nitrogens is 1. The van der Waals surface area contributed by atoms with E-state index in [1.807, 2.05) is 13.2 Å². The van der Waals surface area contributed by atoms with Gasteiger partial charge in [-0.05, 0) is 24.8 Å². The summed E-state index contributed by atoms with van der Waals surface area (Å²) in [6.45, 7) is 2.03. The quantitative estimate of drug-likeness (QED) is 0.550. The second kappa shape index (κ2) is 2.87. The number of aryl methyl sites for hydroxylation is 1. The average molecular weight is 138 g/mol. The molecule has 0 bridgehead atoms. The van der Waals surface area contributed by atoms with E-state index in [0.29, 0.717) is 0 Å². The number of thioether (sulfide) groups is 1. The van der Waals surface area contributed by atoms with E-state index in [4.69, 9.17) is 0 Å². The van der Waals surface area contributed by atoms with Crippen molar-refractivity contribution in [2.24, 2.45) is 0 Å². The molecular weight excluding hydrogens is 130 g/mol. The molecule has 0 aliphatic rings. The van der Waals surface area contributed by atoms with Crippen LogP contribution in [0.1, 0.15) is 5.56 Å². The predicted octanol–water partition coefficient (Wildman–Crippen LogP) is 1.91. The summed E-state index contributed by atoms with van der Waals surface area (Å²) in [5.74, 6) is 0. The first-order chi connectivity index (χ1) is 4.33. The minimum atomic E-state index is 1.11. The molecule has 0 amide bonds. The molecule has 47 valence electrons. The van der Waals surface area contributed by atoms with Gasteiger partial charge in [0, 0.05) is 11.1 Å². The van der Waals surface area contributed by atoms with Crippen molar-refractivity contribution in [3.8, 4) is 0 Å². The highest BCUT2D eigenvalue weighted by Gasteiger charge is 1.88. The van der Waals surface area contributed by atoms with Crippen molar-refractivity contribution in [3.05, 3.63) is 24.0 Å². The van der Waals surface area contributed by atoms with Crippen LogP contribution in [0.5, 0.6) is 0 Å². The van der Waals surface area contributed by atoms with Gasteiger partial charge in [0.2, 0.25) is 0 Å². The zero-order valence-corrected chi connectivity index (χ0v) is 6.33. The molecule has 0 fully saturated rings. The lowest BCUT2D eigenvalue weighted by Crippen LogP contribution is -1.77. The first kappa shape index (κ1) is 6.62. The summed E-state index contributed by atoms with van der Waals surface area (Å²) in [6, 6.07) is 2.07. The van der Waals surface area contributed by atoms with Gasteiger partial charge in [0.1, 0.15) is 6.20 Å². The Morgan fingerprint density at radius 3 is 2.89 bits per heavy atom. The standard InChI is InChI=1S/C7H8NS/c1-6-3-7(9-2)5-8-4-6/h3-4H,1-2H3. The molecule has 1 nitrogen and oxygen atoms in total. The molecule has 1 radical (unpaired) electrons. The minimum absolute atomic E-state index is 1.11. The average Bonchev–Trinajstić information content (AvgIpc) is 1.88. The fourth-order valence-corrected chi connectivity index (χ4v) is 1.03. The van der Waals surface area contributed by atoms with E-state index in [1.165, 1.54) is 5.56 Å². The van der Waals surface area contributed by atoms with Gasteiger partial charge in [-0.1, -0.05) is 0 Å². The maximum atomic E-state index is 3.91. The Hall–Kier alpha value is -0.500. The number of nitrogens with zero attached hydrogens (tertiary/aromatic N) is 1. The molecule has 1 aromatic heterocycles. The number of pyridine rings is 1. The van der Waals surface area contributed by atoms with Crippen LogP contribution in [-0.2, 0) is 0 Å². The highest BCUT2D eigenvalue weighted by atomic mass is 32.2. The van der Waals surface area contributed by atoms with Crippen LogP contribution >= 0.6 is 11.8 Å². The largest absolute Gasteiger partial charge is 0.253 e. The van der Waals surface area contributed by atoms with Gasteiger partial charge in [0.15, 0.2) is 0 Å². The molecule has 0 N–H and O–H groups in total. The summed E-state index contributed by atoms with van der Waals surface area (Å²) in [5, 5.41) is 0. The van der Waals surface area contributed by atoms with Crippen LogP contribution in [0.15, 0.2) is 17.2 Å². The van der Waals surface area contributed by atoms with E-state index in [1.54, 1.807) is 18.0 Å². The van der Waals surface area contributed by atoms with Crippen LogP contribution in [0.2, 0.25) is 0 Å². The van der Waals surface area contributed by atoms with Gasteiger partial charge >= 0.3 is 0 Å². The lowest BCUT2D eigenvalue weighted by Gasteiger charge is -1.93. The van der Waals surface area contributed by atoms with Crippen molar-refractivity contribution in [1.82, 2.24) is 4.98 Å². The monoisotopic (exact) mass is 138 g/mol. The van der Waals surface area contributed by atoms with E-state index in [0.717, 1.165) is 4.90 Å². The van der Waals surface area contributed by atoms with Crippen LogP contribution in [0, 0.1) is 13.1 Å². The fraction of sp³-hybridized carbons (Fsp3) is 0.286. The van der Waals surface area contributed by atoms with Crippen molar-refractivity contribution in [3.63, 3.8) is 0 Å². The van der Waals surface area contributed by atoms with E-state index >= 15 is 0 Å². The molecule has 0 aliphatic carbocycles. The molecule has 0 aromatic carbocycles. The minimum Gasteiger partial charge on any atom is -0.253 e. The van der Waals surface area contributed by atoms with Crippen LogP contribution in [-0.4, -0.2) is 11.2 Å². The Labute approximate surface area is 59.5 Å². The molecule has 0 spiro atoms. The van der Waals surface area contributed by atoms with Crippen molar-refractivity contribution in [1.29, 1.82) is 0 Å². The topological polar surface area (TPSA) is 12.9 Å². The first-order valence-corrected chi connectivity index (χ1v) is 3.93. The molecule has 0 atom stereocenters. The third-order valence-corrected chi connectivity index (χ3v) is 1.67. The molecule has 1 aromatic rings. The number of hydrogen-bond acceptors (Lipinski definition) is 2. The number of hydrogen-bond donors (Lipinski definition) is 0. The summed E-state index contributed by atoms with van der Waals surface area (Å²) in [7, 11) is 0. The van der Waals surface area contributed by atoms with Crippen LogP contribution in [0.4, 0.5) is 0 Å². The van der Waals surface area contributed by atoms with Gasteiger partial charge in [0.25, 0.3) is 0 Å². The second-order valence-electron chi connectivity index (χ2n) is 1.83. The van der Waals surface area contributed by atoms with Gasteiger partial charge in [-0.25, -0.2) is 0 Å². The Balaban J connectivity index is 2.94. The molecule has 0 saturated heterocycles.